The van der Waals surface area contributed by atoms with Crippen LogP contribution >= 0.6 is 23.2 Å². The van der Waals surface area contributed by atoms with Gasteiger partial charge in [0.25, 0.3) is 0 Å². The van der Waals surface area contributed by atoms with Crippen molar-refractivity contribution in [2.24, 2.45) is 0 Å². The molecule has 3 rings (SSSR count). The van der Waals surface area contributed by atoms with Crippen molar-refractivity contribution in [3.8, 4) is 0 Å². The monoisotopic (exact) mass is 347 g/mol. The first-order chi connectivity index (χ1) is 11.0. The zero-order valence-corrected chi connectivity index (χ0v) is 13.4. The topological polar surface area (TPSA) is 0 Å². The van der Waals surface area contributed by atoms with Gasteiger partial charge in [0.1, 0.15) is 11.6 Å². The third-order valence-electron chi connectivity index (χ3n) is 3.54. The molecule has 0 N–H and O–H groups in total. The number of hydrogen-bond acceptors (Lipinski definition) is 0. The van der Waals surface area contributed by atoms with E-state index in [9.17, 15) is 8.78 Å². The van der Waals surface area contributed by atoms with Crippen molar-refractivity contribution < 1.29 is 8.78 Å². The lowest BCUT2D eigenvalue weighted by Crippen LogP contribution is -2.04. The predicted molar refractivity (Wildman–Crippen MR) is 89.0 cm³/mol. The second kappa shape index (κ2) is 6.69. The van der Waals surface area contributed by atoms with Crippen LogP contribution in [0.2, 0.25) is 10.0 Å². The number of rotatable bonds is 3. The van der Waals surface area contributed by atoms with Gasteiger partial charge in [-0.05, 0) is 53.1 Å². The lowest BCUT2D eigenvalue weighted by atomic mass is 9.85. The minimum Gasteiger partial charge on any atom is -0.207 e. The number of halogens is 4. The summed E-state index contributed by atoms with van der Waals surface area (Å²) in [6, 6.07) is 18.7. The van der Waals surface area contributed by atoms with E-state index in [-0.39, 0.29) is 17.6 Å². The molecule has 3 aromatic carbocycles. The van der Waals surface area contributed by atoms with Crippen LogP contribution in [0.15, 0.2) is 60.7 Å². The molecule has 115 valence electrons. The molecule has 4 heteroatoms. The summed E-state index contributed by atoms with van der Waals surface area (Å²) in [5.74, 6) is -0.910. The Kier molecular flexibility index (Phi) is 4.65. The standard InChI is InChI=1S/C19H11Cl2F2/c20-15-9-14(10-16(21)11-15)19(12-1-5-17(22)6-2-12)13-3-7-18(23)8-4-13/h1-9,11,19H. The molecule has 0 aliphatic carbocycles. The van der Waals surface area contributed by atoms with Gasteiger partial charge in [-0.2, -0.15) is 0 Å². The molecular formula is C19H11Cl2F2. The van der Waals surface area contributed by atoms with Gasteiger partial charge >= 0.3 is 0 Å². The van der Waals surface area contributed by atoms with Crippen molar-refractivity contribution >= 4 is 23.2 Å². The van der Waals surface area contributed by atoms with Crippen LogP contribution in [0.5, 0.6) is 0 Å². The summed E-state index contributed by atoms with van der Waals surface area (Å²) in [6.07, 6.45) is 0. The van der Waals surface area contributed by atoms with Gasteiger partial charge in [0.2, 0.25) is 0 Å². The highest BCUT2D eigenvalue weighted by molar-refractivity contribution is 6.34. The summed E-state index contributed by atoms with van der Waals surface area (Å²) < 4.78 is 26.5. The van der Waals surface area contributed by atoms with Crippen LogP contribution in [-0.4, -0.2) is 0 Å². The zero-order valence-electron chi connectivity index (χ0n) is 11.9. The van der Waals surface area contributed by atoms with Crippen molar-refractivity contribution in [1.29, 1.82) is 0 Å². The van der Waals surface area contributed by atoms with E-state index in [2.05, 4.69) is 6.07 Å². The third kappa shape index (κ3) is 3.72. The molecule has 0 aromatic heterocycles. The largest absolute Gasteiger partial charge is 0.207 e. The van der Waals surface area contributed by atoms with E-state index >= 15 is 0 Å². The smallest absolute Gasteiger partial charge is 0.123 e. The molecule has 0 aliphatic rings. The first-order valence-electron chi connectivity index (χ1n) is 6.92. The van der Waals surface area contributed by atoms with Crippen LogP contribution in [0.1, 0.15) is 22.6 Å². The summed E-state index contributed by atoms with van der Waals surface area (Å²) in [4.78, 5) is 0. The molecule has 0 aliphatic heterocycles. The maximum absolute atomic E-state index is 13.2. The third-order valence-corrected chi connectivity index (χ3v) is 3.96. The Balaban J connectivity index is 2.16. The normalized spacial score (nSPS) is 11.0. The Morgan fingerprint density at radius 1 is 0.739 bits per heavy atom. The van der Waals surface area contributed by atoms with E-state index in [4.69, 9.17) is 23.2 Å². The fraction of sp³-hybridized carbons (Fsp3) is 0.0526. The van der Waals surface area contributed by atoms with Crippen molar-refractivity contribution in [3.05, 3.63) is 105 Å². The van der Waals surface area contributed by atoms with Crippen LogP contribution < -0.4 is 0 Å². The second-order valence-corrected chi connectivity index (χ2v) is 5.98. The molecule has 0 fully saturated rings. The van der Waals surface area contributed by atoms with Crippen molar-refractivity contribution in [2.45, 2.75) is 5.92 Å². The highest BCUT2D eigenvalue weighted by atomic mass is 35.5. The van der Waals surface area contributed by atoms with Crippen molar-refractivity contribution in [1.82, 2.24) is 0 Å². The summed E-state index contributed by atoms with van der Waals surface area (Å²) >= 11 is 12.2. The Bertz CT molecular complexity index is 746. The summed E-state index contributed by atoms with van der Waals surface area (Å²) in [5.41, 5.74) is 2.42. The molecule has 0 unspecified atom stereocenters. The van der Waals surface area contributed by atoms with Crippen LogP contribution in [-0.2, 0) is 0 Å². The number of hydrogen-bond donors (Lipinski definition) is 0. The quantitative estimate of drug-likeness (QED) is 0.491. The van der Waals surface area contributed by atoms with Gasteiger partial charge < -0.3 is 0 Å². The molecule has 0 heterocycles. The van der Waals surface area contributed by atoms with E-state index in [0.717, 1.165) is 16.7 Å². The van der Waals surface area contributed by atoms with E-state index in [0.29, 0.717) is 10.0 Å². The Hall–Kier alpha value is -1.90. The number of benzene rings is 3. The van der Waals surface area contributed by atoms with Gasteiger partial charge in [0.15, 0.2) is 0 Å². The van der Waals surface area contributed by atoms with Crippen molar-refractivity contribution in [3.63, 3.8) is 0 Å². The van der Waals surface area contributed by atoms with Crippen LogP contribution in [0.3, 0.4) is 0 Å². The minimum absolute atomic E-state index is 0.271. The first-order valence-corrected chi connectivity index (χ1v) is 7.68. The molecule has 0 saturated heterocycles. The Labute approximate surface area is 143 Å². The second-order valence-electron chi connectivity index (χ2n) is 5.14. The van der Waals surface area contributed by atoms with Crippen LogP contribution in [0.25, 0.3) is 0 Å². The fourth-order valence-electron chi connectivity index (χ4n) is 2.54. The van der Waals surface area contributed by atoms with Gasteiger partial charge in [-0.15, -0.1) is 0 Å². The SMILES string of the molecule is Fc1ccc(C(c2[c]c(Cl)cc(Cl)c2)c2ccc(F)cc2)cc1. The molecule has 0 nitrogen and oxygen atoms in total. The molecule has 0 amide bonds. The molecule has 0 saturated carbocycles. The maximum Gasteiger partial charge on any atom is 0.123 e. The summed E-state index contributed by atoms with van der Waals surface area (Å²) in [7, 11) is 0. The van der Waals surface area contributed by atoms with Crippen molar-refractivity contribution in [2.75, 3.05) is 0 Å². The lowest BCUT2D eigenvalue weighted by molar-refractivity contribution is 0.626. The average Bonchev–Trinajstić information content (AvgIpc) is 2.50. The summed E-state index contributed by atoms with van der Waals surface area (Å²) in [6.45, 7) is 0. The van der Waals surface area contributed by atoms with E-state index < -0.39 is 0 Å². The Morgan fingerprint density at radius 2 is 1.22 bits per heavy atom. The predicted octanol–water partition coefficient (Wildman–Crippen LogP) is 6.25. The lowest BCUT2D eigenvalue weighted by Gasteiger charge is -2.19. The van der Waals surface area contributed by atoms with E-state index in [1.165, 1.54) is 24.3 Å². The molecule has 0 atom stereocenters. The molecule has 1 radical (unpaired) electrons. The molecular weight excluding hydrogens is 337 g/mol. The van der Waals surface area contributed by atoms with Gasteiger partial charge in [0.05, 0.1) is 5.02 Å². The van der Waals surface area contributed by atoms with Gasteiger partial charge in [-0.1, -0.05) is 47.5 Å². The molecule has 3 aromatic rings. The fourth-order valence-corrected chi connectivity index (χ4v) is 3.05. The van der Waals surface area contributed by atoms with Crippen LogP contribution in [0, 0.1) is 17.7 Å². The first kappa shape index (κ1) is 16.0. The molecule has 0 spiro atoms. The zero-order chi connectivity index (χ0) is 16.4. The van der Waals surface area contributed by atoms with Gasteiger partial charge in [0, 0.05) is 17.0 Å². The highest BCUT2D eigenvalue weighted by Crippen LogP contribution is 2.34. The maximum atomic E-state index is 13.2. The van der Waals surface area contributed by atoms with E-state index in [1.54, 1.807) is 36.4 Å². The van der Waals surface area contributed by atoms with E-state index in [1.807, 2.05) is 0 Å². The van der Waals surface area contributed by atoms with Crippen LogP contribution in [0.4, 0.5) is 8.78 Å². The minimum atomic E-state index is -0.320. The average molecular weight is 348 g/mol. The Morgan fingerprint density at radius 3 is 1.65 bits per heavy atom. The van der Waals surface area contributed by atoms with Gasteiger partial charge in [-0.3, -0.25) is 0 Å². The molecule has 0 bridgehead atoms. The highest BCUT2D eigenvalue weighted by Gasteiger charge is 2.18. The summed E-state index contributed by atoms with van der Waals surface area (Å²) in [5, 5.41) is 0.875. The van der Waals surface area contributed by atoms with Gasteiger partial charge in [-0.25, -0.2) is 8.78 Å². The molecule has 23 heavy (non-hydrogen) atoms.